The molecule has 0 spiro atoms. The minimum Gasteiger partial charge on any atom is -0.403 e. The van der Waals surface area contributed by atoms with Crippen LogP contribution in [0.4, 0.5) is 0 Å². The maximum absolute atomic E-state index is 6.16. The van der Waals surface area contributed by atoms with Gasteiger partial charge in [-0.05, 0) is 55.7 Å². The van der Waals surface area contributed by atoms with Crippen LogP contribution in [0.5, 0.6) is 0 Å². The molecule has 0 bridgehead atoms. The molecule has 1 unspecified atom stereocenters. The summed E-state index contributed by atoms with van der Waals surface area (Å²) in [6.07, 6.45) is 8.36. The molecule has 34 heavy (non-hydrogen) atoms. The summed E-state index contributed by atoms with van der Waals surface area (Å²) in [7, 11) is 3.77. The molecular weight excluding hydrogens is 426 g/mol. The van der Waals surface area contributed by atoms with Crippen LogP contribution >= 0.6 is 0 Å². The monoisotopic (exact) mass is 475 g/mol. The van der Waals surface area contributed by atoms with Crippen molar-refractivity contribution in [3.05, 3.63) is 60.1 Å². The Balaban J connectivity index is 0.00000104. The quantitative estimate of drug-likeness (QED) is 0.306. The molecule has 1 atom stereocenters. The number of fused-ring (bicyclic) bond motifs is 1. The van der Waals surface area contributed by atoms with Crippen molar-refractivity contribution in [3.8, 4) is 0 Å². The lowest BCUT2D eigenvalue weighted by Gasteiger charge is -2.32. The van der Waals surface area contributed by atoms with Gasteiger partial charge in [0.1, 0.15) is 0 Å². The number of hydroxylamine groups is 1. The molecule has 0 fully saturated rings. The van der Waals surface area contributed by atoms with Crippen LogP contribution in [0.25, 0.3) is 0 Å². The van der Waals surface area contributed by atoms with Gasteiger partial charge in [0.2, 0.25) is 0 Å². The van der Waals surface area contributed by atoms with E-state index in [0.717, 1.165) is 58.5 Å². The summed E-state index contributed by atoms with van der Waals surface area (Å²) in [6, 6.07) is 6.89. The maximum atomic E-state index is 6.16. The Morgan fingerprint density at radius 2 is 1.91 bits per heavy atom. The number of hydrogen-bond acceptors (Lipinski definition) is 8. The molecule has 1 aliphatic heterocycles. The van der Waals surface area contributed by atoms with Gasteiger partial charge >= 0.3 is 0 Å². The summed E-state index contributed by atoms with van der Waals surface area (Å²) in [4.78, 5) is 8.60. The van der Waals surface area contributed by atoms with Crippen molar-refractivity contribution in [1.82, 2.24) is 31.0 Å². The Hall–Kier alpha value is -2.10. The van der Waals surface area contributed by atoms with E-state index in [1.807, 2.05) is 7.05 Å². The van der Waals surface area contributed by atoms with Crippen molar-refractivity contribution in [2.75, 3.05) is 46.8 Å². The molecule has 1 heterocycles. The molecule has 1 aromatic carbocycles. The lowest BCUT2D eigenvalue weighted by molar-refractivity contribution is -0.289. The van der Waals surface area contributed by atoms with Crippen LogP contribution in [-0.4, -0.2) is 68.1 Å². The Labute approximate surface area is 208 Å². The van der Waals surface area contributed by atoms with Gasteiger partial charge < -0.3 is 16.4 Å². The van der Waals surface area contributed by atoms with Gasteiger partial charge in [-0.15, -0.1) is 5.17 Å². The molecule has 1 aromatic rings. The Bertz CT molecular complexity index is 692. The number of hydrazine groups is 1. The van der Waals surface area contributed by atoms with Crippen molar-refractivity contribution in [1.29, 1.82) is 0 Å². The second-order valence-corrected chi connectivity index (χ2v) is 8.34. The fraction of sp³-hybridized carbons (Fsp3) is 0.615. The first-order chi connectivity index (χ1) is 16.6. The van der Waals surface area contributed by atoms with Gasteiger partial charge in [0.25, 0.3) is 0 Å². The van der Waals surface area contributed by atoms with E-state index in [4.69, 9.17) is 10.6 Å². The van der Waals surface area contributed by atoms with Crippen LogP contribution in [-0.2, 0) is 24.4 Å². The molecule has 0 saturated carbocycles. The number of benzene rings is 1. The molecule has 8 heteroatoms. The molecule has 5 N–H and O–H groups in total. The summed E-state index contributed by atoms with van der Waals surface area (Å²) in [5, 5.41) is 13.7. The number of nitrogens with one attached hydrogen (secondary N) is 3. The lowest BCUT2D eigenvalue weighted by Crippen LogP contribution is -2.46. The fourth-order valence-corrected chi connectivity index (χ4v) is 3.94. The number of likely N-dealkylation sites (N-methyl/N-ethyl adjacent to an activating group) is 2. The fourth-order valence-electron chi connectivity index (χ4n) is 3.94. The van der Waals surface area contributed by atoms with Crippen LogP contribution in [0.15, 0.2) is 43.4 Å². The SMILES string of the molecule is C=CNC(CN(CC)Cc1ccc2c(c1)CCN(N(CCC)CCC)OC2)NC.CN/C=C\N. The van der Waals surface area contributed by atoms with Crippen LogP contribution in [0.3, 0.4) is 0 Å². The molecule has 0 saturated heterocycles. The predicted molar refractivity (Wildman–Crippen MR) is 143 cm³/mol. The highest BCUT2D eigenvalue weighted by atomic mass is 16.7. The van der Waals surface area contributed by atoms with E-state index < -0.39 is 0 Å². The molecule has 194 valence electrons. The van der Waals surface area contributed by atoms with Crippen molar-refractivity contribution in [2.45, 2.75) is 59.4 Å². The summed E-state index contributed by atoms with van der Waals surface area (Å²) in [5.74, 6) is 0. The van der Waals surface area contributed by atoms with Gasteiger partial charge in [0, 0.05) is 52.2 Å². The number of rotatable bonds is 14. The number of nitrogens with zero attached hydrogens (tertiary/aromatic N) is 3. The zero-order valence-corrected chi connectivity index (χ0v) is 22.1. The molecular formula is C26H49N7O. The van der Waals surface area contributed by atoms with Crippen LogP contribution in [0.1, 0.15) is 50.3 Å². The Morgan fingerprint density at radius 1 is 1.18 bits per heavy atom. The Kier molecular flexibility index (Phi) is 16.1. The second kappa shape index (κ2) is 18.3. The first kappa shape index (κ1) is 29.9. The van der Waals surface area contributed by atoms with Gasteiger partial charge in [0.15, 0.2) is 0 Å². The van der Waals surface area contributed by atoms with Crippen molar-refractivity contribution in [2.24, 2.45) is 5.73 Å². The summed E-state index contributed by atoms with van der Waals surface area (Å²) in [5.41, 5.74) is 9.00. The molecule has 0 aliphatic carbocycles. The van der Waals surface area contributed by atoms with Gasteiger partial charge in [-0.1, -0.05) is 45.5 Å². The summed E-state index contributed by atoms with van der Waals surface area (Å²) >= 11 is 0. The molecule has 0 aromatic heterocycles. The molecule has 8 nitrogen and oxygen atoms in total. The van der Waals surface area contributed by atoms with E-state index >= 15 is 0 Å². The van der Waals surface area contributed by atoms with Crippen molar-refractivity contribution in [3.63, 3.8) is 0 Å². The normalized spacial score (nSPS) is 14.9. The first-order valence-corrected chi connectivity index (χ1v) is 12.6. The van der Waals surface area contributed by atoms with E-state index in [2.05, 4.69) is 76.6 Å². The number of hydrogen-bond donors (Lipinski definition) is 4. The third-order valence-corrected chi connectivity index (χ3v) is 5.72. The standard InChI is InChI=1S/C23H41N5O.C3H8N2/c1-6-13-27(14-7-2)28-15-12-21-16-20(10-11-22(21)19-29-28)17-26(9-4)18-23(24-5)25-8-3;1-5-3-2-4/h8,10-11,16,23-25H,3,6-7,9,12-15,17-19H2,1-2,4-5H3;2-3,5H,4H2,1H3/b;3-2-. The first-order valence-electron chi connectivity index (χ1n) is 12.6. The van der Waals surface area contributed by atoms with E-state index in [-0.39, 0.29) is 6.17 Å². The van der Waals surface area contributed by atoms with Crippen LogP contribution < -0.4 is 21.7 Å². The van der Waals surface area contributed by atoms with Gasteiger partial charge in [-0.3, -0.25) is 15.1 Å². The summed E-state index contributed by atoms with van der Waals surface area (Å²) in [6.45, 7) is 17.0. The zero-order chi connectivity index (χ0) is 25.2. The van der Waals surface area contributed by atoms with Gasteiger partial charge in [-0.25, -0.2) is 5.01 Å². The molecule has 0 amide bonds. The third-order valence-electron chi connectivity index (χ3n) is 5.72. The highest BCUT2D eigenvalue weighted by Crippen LogP contribution is 2.21. The summed E-state index contributed by atoms with van der Waals surface area (Å²) < 4.78 is 0. The Morgan fingerprint density at radius 3 is 2.44 bits per heavy atom. The second-order valence-electron chi connectivity index (χ2n) is 8.34. The van der Waals surface area contributed by atoms with E-state index in [1.54, 1.807) is 19.4 Å². The average Bonchev–Trinajstić information content (AvgIpc) is 3.06. The van der Waals surface area contributed by atoms with E-state index in [1.165, 1.54) is 22.9 Å². The smallest absolute Gasteiger partial charge is 0.0955 e. The van der Waals surface area contributed by atoms with Crippen molar-refractivity contribution < 1.29 is 4.84 Å². The van der Waals surface area contributed by atoms with Crippen LogP contribution in [0.2, 0.25) is 0 Å². The largest absolute Gasteiger partial charge is 0.403 e. The average molecular weight is 476 g/mol. The highest BCUT2D eigenvalue weighted by Gasteiger charge is 2.20. The minimum atomic E-state index is 0.207. The highest BCUT2D eigenvalue weighted by molar-refractivity contribution is 5.32. The lowest BCUT2D eigenvalue weighted by atomic mass is 10.0. The predicted octanol–water partition coefficient (Wildman–Crippen LogP) is 2.75. The maximum Gasteiger partial charge on any atom is 0.0955 e. The van der Waals surface area contributed by atoms with Crippen molar-refractivity contribution >= 4 is 0 Å². The molecule has 1 aliphatic rings. The third kappa shape index (κ3) is 10.9. The van der Waals surface area contributed by atoms with Gasteiger partial charge in [-0.2, -0.15) is 0 Å². The van der Waals surface area contributed by atoms with E-state index in [0.29, 0.717) is 6.61 Å². The molecule has 0 radical (unpaired) electrons. The topological polar surface area (TPSA) is 81.1 Å². The number of nitrogens with two attached hydrogens (primary N) is 1. The minimum absolute atomic E-state index is 0.207. The zero-order valence-electron chi connectivity index (χ0n) is 22.1. The van der Waals surface area contributed by atoms with Crippen LogP contribution in [0, 0.1) is 0 Å². The van der Waals surface area contributed by atoms with E-state index in [9.17, 15) is 0 Å². The van der Waals surface area contributed by atoms with Gasteiger partial charge in [0.05, 0.1) is 12.8 Å². The molecule has 2 rings (SSSR count).